The van der Waals surface area contributed by atoms with Gasteiger partial charge in [-0.1, -0.05) is 6.07 Å². The molecule has 1 aromatic carbocycles. The predicted octanol–water partition coefficient (Wildman–Crippen LogP) is 2.46. The number of methoxy groups -OCH3 is 2. The smallest absolute Gasteiger partial charge is 0.161 e. The van der Waals surface area contributed by atoms with E-state index in [0.717, 1.165) is 37.7 Å². The molecule has 1 fully saturated rings. The van der Waals surface area contributed by atoms with Crippen molar-refractivity contribution in [3.8, 4) is 17.6 Å². The molecule has 2 aromatic rings. The average Bonchev–Trinajstić information content (AvgIpc) is 2.75. The topological polar surface area (TPSA) is 79.6 Å². The Labute approximate surface area is 159 Å². The Bertz CT molecular complexity index is 783. The monoisotopic (exact) mass is 368 g/mol. The summed E-state index contributed by atoms with van der Waals surface area (Å²) in [7, 11) is 3.28. The van der Waals surface area contributed by atoms with Crippen LogP contribution in [0.15, 0.2) is 36.5 Å². The highest BCUT2D eigenvalue weighted by Gasteiger charge is 2.24. The molecule has 2 heterocycles. The van der Waals surface area contributed by atoms with Crippen LogP contribution in [-0.2, 0) is 4.74 Å². The van der Waals surface area contributed by atoms with Gasteiger partial charge in [-0.15, -0.1) is 0 Å². The van der Waals surface area contributed by atoms with E-state index >= 15 is 0 Å². The number of hydrogen-bond acceptors (Lipinski definition) is 7. The Balaban J connectivity index is 1.81. The molecular weight excluding hydrogens is 344 g/mol. The van der Waals surface area contributed by atoms with Crippen molar-refractivity contribution in [3.63, 3.8) is 0 Å². The Morgan fingerprint density at radius 2 is 1.96 bits per heavy atom. The molecule has 3 rings (SSSR count). The number of anilines is 1. The number of nitriles is 1. The summed E-state index contributed by atoms with van der Waals surface area (Å²) in [6.07, 6.45) is 1.57. The highest BCUT2D eigenvalue weighted by Crippen LogP contribution is 2.32. The van der Waals surface area contributed by atoms with E-state index in [-0.39, 0.29) is 6.04 Å². The minimum atomic E-state index is 0.131. The number of aromatic nitrogens is 1. The average molecular weight is 368 g/mol. The predicted molar refractivity (Wildman–Crippen MR) is 102 cm³/mol. The van der Waals surface area contributed by atoms with E-state index in [2.05, 4.69) is 27.3 Å². The fourth-order valence-electron chi connectivity index (χ4n) is 3.17. The molecule has 0 saturated carbocycles. The fourth-order valence-corrected chi connectivity index (χ4v) is 3.17. The summed E-state index contributed by atoms with van der Waals surface area (Å²) in [5.74, 6) is 2.17. The van der Waals surface area contributed by atoms with Crippen molar-refractivity contribution in [1.29, 1.82) is 5.26 Å². The first-order valence-corrected chi connectivity index (χ1v) is 8.89. The second-order valence-corrected chi connectivity index (χ2v) is 6.20. The quantitative estimate of drug-likeness (QED) is 0.804. The molecule has 142 valence electrons. The van der Waals surface area contributed by atoms with E-state index in [9.17, 15) is 0 Å². The highest BCUT2D eigenvalue weighted by molar-refractivity contribution is 5.45. The number of morpholine rings is 1. The van der Waals surface area contributed by atoms with Crippen LogP contribution < -0.4 is 14.8 Å². The third kappa shape index (κ3) is 4.67. The van der Waals surface area contributed by atoms with Gasteiger partial charge in [0.15, 0.2) is 11.5 Å². The van der Waals surface area contributed by atoms with Crippen LogP contribution in [0.5, 0.6) is 11.5 Å². The highest BCUT2D eigenvalue weighted by atomic mass is 16.5. The molecule has 0 amide bonds. The number of hydrogen-bond donors (Lipinski definition) is 1. The van der Waals surface area contributed by atoms with Gasteiger partial charge in [-0.25, -0.2) is 4.98 Å². The van der Waals surface area contributed by atoms with Crippen molar-refractivity contribution in [2.24, 2.45) is 0 Å². The van der Waals surface area contributed by atoms with Gasteiger partial charge < -0.3 is 19.5 Å². The SMILES string of the molecule is COc1ccc([C@@H](CNc2ccc(C#N)cn2)N2CCOCC2)cc1OC. The Morgan fingerprint density at radius 3 is 2.59 bits per heavy atom. The zero-order valence-corrected chi connectivity index (χ0v) is 15.6. The van der Waals surface area contributed by atoms with Gasteiger partial charge in [-0.2, -0.15) is 5.26 Å². The van der Waals surface area contributed by atoms with E-state index in [1.165, 1.54) is 0 Å². The van der Waals surface area contributed by atoms with Crippen molar-refractivity contribution in [3.05, 3.63) is 47.7 Å². The maximum absolute atomic E-state index is 8.91. The number of benzene rings is 1. The van der Waals surface area contributed by atoms with E-state index in [1.54, 1.807) is 26.5 Å². The van der Waals surface area contributed by atoms with Gasteiger partial charge in [-0.3, -0.25) is 4.90 Å². The van der Waals surface area contributed by atoms with Crippen LogP contribution in [0.3, 0.4) is 0 Å². The van der Waals surface area contributed by atoms with Crippen molar-refractivity contribution in [1.82, 2.24) is 9.88 Å². The van der Waals surface area contributed by atoms with E-state index < -0.39 is 0 Å². The summed E-state index contributed by atoms with van der Waals surface area (Å²) in [5, 5.41) is 12.3. The van der Waals surface area contributed by atoms with Gasteiger partial charge >= 0.3 is 0 Å². The number of ether oxygens (including phenoxy) is 3. The minimum absolute atomic E-state index is 0.131. The van der Waals surface area contributed by atoms with Gasteiger partial charge in [-0.05, 0) is 29.8 Å². The normalized spacial score (nSPS) is 15.6. The first-order valence-electron chi connectivity index (χ1n) is 8.89. The summed E-state index contributed by atoms with van der Waals surface area (Å²) in [5.41, 5.74) is 1.68. The maximum atomic E-state index is 8.91. The molecule has 0 bridgehead atoms. The first-order chi connectivity index (χ1) is 13.2. The van der Waals surface area contributed by atoms with Crippen molar-refractivity contribution in [2.75, 3.05) is 52.4 Å². The Morgan fingerprint density at radius 1 is 1.19 bits per heavy atom. The van der Waals surface area contributed by atoms with E-state index in [1.807, 2.05) is 18.2 Å². The largest absolute Gasteiger partial charge is 0.493 e. The fraction of sp³-hybridized carbons (Fsp3) is 0.400. The zero-order valence-electron chi connectivity index (χ0n) is 15.6. The van der Waals surface area contributed by atoms with Crippen LogP contribution >= 0.6 is 0 Å². The summed E-state index contributed by atoms with van der Waals surface area (Å²) < 4.78 is 16.3. The van der Waals surface area contributed by atoms with Crippen LogP contribution in [0.4, 0.5) is 5.82 Å². The number of nitrogens with zero attached hydrogens (tertiary/aromatic N) is 3. The Kier molecular flexibility index (Phi) is 6.47. The molecular formula is C20H24N4O3. The summed E-state index contributed by atoms with van der Waals surface area (Å²) in [6, 6.07) is 11.8. The molecule has 1 aliphatic rings. The van der Waals surface area contributed by atoms with Crippen LogP contribution in [-0.4, -0.2) is 57.0 Å². The van der Waals surface area contributed by atoms with Crippen LogP contribution in [0.2, 0.25) is 0 Å². The molecule has 7 heteroatoms. The molecule has 0 aliphatic carbocycles. The first kappa shape index (κ1) is 19.0. The third-order valence-electron chi connectivity index (χ3n) is 4.65. The van der Waals surface area contributed by atoms with Gasteiger partial charge in [0.2, 0.25) is 0 Å². The van der Waals surface area contributed by atoms with Gasteiger partial charge in [0.05, 0.1) is 39.0 Å². The van der Waals surface area contributed by atoms with Crippen molar-refractivity contribution < 1.29 is 14.2 Å². The lowest BCUT2D eigenvalue weighted by Crippen LogP contribution is -2.41. The van der Waals surface area contributed by atoms with Crippen molar-refractivity contribution in [2.45, 2.75) is 6.04 Å². The van der Waals surface area contributed by atoms with Gasteiger partial charge in [0.25, 0.3) is 0 Å². The second-order valence-electron chi connectivity index (χ2n) is 6.20. The Hall–Kier alpha value is -2.82. The molecule has 1 aromatic heterocycles. The zero-order chi connectivity index (χ0) is 19.1. The van der Waals surface area contributed by atoms with E-state index in [4.69, 9.17) is 19.5 Å². The number of rotatable bonds is 7. The number of nitrogens with one attached hydrogen (secondary N) is 1. The molecule has 0 unspecified atom stereocenters. The van der Waals surface area contributed by atoms with E-state index in [0.29, 0.717) is 23.6 Å². The second kappa shape index (κ2) is 9.21. The van der Waals surface area contributed by atoms with Crippen LogP contribution in [0.25, 0.3) is 0 Å². The molecule has 1 aliphatic heterocycles. The molecule has 0 radical (unpaired) electrons. The molecule has 27 heavy (non-hydrogen) atoms. The maximum Gasteiger partial charge on any atom is 0.161 e. The lowest BCUT2D eigenvalue weighted by Gasteiger charge is -2.35. The van der Waals surface area contributed by atoms with Gasteiger partial charge in [0.1, 0.15) is 11.9 Å². The van der Waals surface area contributed by atoms with Gasteiger partial charge in [0, 0.05) is 25.8 Å². The molecule has 1 N–H and O–H groups in total. The molecule has 0 spiro atoms. The number of pyridine rings is 1. The van der Waals surface area contributed by atoms with Crippen molar-refractivity contribution >= 4 is 5.82 Å². The summed E-state index contributed by atoms with van der Waals surface area (Å²) >= 11 is 0. The molecule has 7 nitrogen and oxygen atoms in total. The third-order valence-corrected chi connectivity index (χ3v) is 4.65. The molecule has 1 atom stereocenters. The standard InChI is InChI=1S/C20H24N4O3/c1-25-18-5-4-16(11-19(18)26-2)17(24-7-9-27-10-8-24)14-23-20-6-3-15(12-21)13-22-20/h3-6,11,13,17H,7-10,14H2,1-2H3,(H,22,23)/t17-/m1/s1. The lowest BCUT2D eigenvalue weighted by molar-refractivity contribution is 0.0186. The van der Waals surface area contributed by atoms with Crippen LogP contribution in [0, 0.1) is 11.3 Å². The summed E-state index contributed by atoms with van der Waals surface area (Å²) in [4.78, 5) is 6.69. The van der Waals surface area contributed by atoms with Crippen LogP contribution in [0.1, 0.15) is 17.2 Å². The lowest BCUT2D eigenvalue weighted by atomic mass is 10.0. The minimum Gasteiger partial charge on any atom is -0.493 e. The molecule has 1 saturated heterocycles. The summed E-state index contributed by atoms with van der Waals surface area (Å²) in [6.45, 7) is 3.84.